The molecule has 25 heavy (non-hydrogen) atoms. The van der Waals surface area contributed by atoms with E-state index >= 15 is 0 Å². The molecule has 3 N–H and O–H groups in total. The van der Waals surface area contributed by atoms with Crippen LogP contribution in [0.5, 0.6) is 0 Å². The first kappa shape index (κ1) is 15.5. The van der Waals surface area contributed by atoms with Crippen LogP contribution < -0.4 is 10.6 Å². The van der Waals surface area contributed by atoms with Crippen LogP contribution in [0.15, 0.2) is 41.9 Å². The molecule has 0 saturated heterocycles. The fourth-order valence-electron chi connectivity index (χ4n) is 2.81. The molecule has 1 aliphatic rings. The average molecular weight is 356 g/mol. The predicted octanol–water partition coefficient (Wildman–Crippen LogP) is 3.34. The molecule has 0 unspecified atom stereocenters. The van der Waals surface area contributed by atoms with Crippen LogP contribution in [-0.2, 0) is 9.59 Å². The minimum absolute atomic E-state index is 0.0132. The van der Waals surface area contributed by atoms with Crippen molar-refractivity contribution in [2.24, 2.45) is 0 Å². The molecule has 3 aromatic rings. The van der Waals surface area contributed by atoms with E-state index in [-0.39, 0.29) is 18.2 Å². The maximum Gasteiger partial charge on any atom is 0.234 e. The fraction of sp³-hybridized carbons (Fsp3) is 0.118. The number of fused-ring (bicyclic) bond motifs is 1. The highest BCUT2D eigenvalue weighted by Crippen LogP contribution is 2.34. The Morgan fingerprint density at radius 2 is 2.24 bits per heavy atom. The molecular formula is C17H13FN4O2S. The first-order valence-corrected chi connectivity index (χ1v) is 8.47. The van der Waals surface area contributed by atoms with Gasteiger partial charge in [-0.15, -0.1) is 11.3 Å². The largest absolute Gasteiger partial charge is 0.360 e. The summed E-state index contributed by atoms with van der Waals surface area (Å²) in [5.74, 6) is -1.79. The number of hydrogen-bond acceptors (Lipinski definition) is 4. The van der Waals surface area contributed by atoms with Crippen LogP contribution in [0, 0.1) is 5.82 Å². The maximum atomic E-state index is 13.4. The summed E-state index contributed by atoms with van der Waals surface area (Å²) in [7, 11) is 0. The molecule has 1 aliphatic heterocycles. The van der Waals surface area contributed by atoms with Crippen molar-refractivity contribution >= 4 is 34.0 Å². The highest BCUT2D eigenvalue weighted by Gasteiger charge is 2.31. The Bertz CT molecular complexity index is 951. The van der Waals surface area contributed by atoms with E-state index in [1.165, 1.54) is 29.5 Å². The number of carbonyl (C=O) groups excluding carboxylic acids is 2. The number of nitrogens with zero attached hydrogens (tertiary/aromatic N) is 1. The van der Waals surface area contributed by atoms with Crippen molar-refractivity contribution in [3.8, 4) is 11.4 Å². The molecule has 3 heterocycles. The Morgan fingerprint density at radius 1 is 1.36 bits per heavy atom. The second-order valence-corrected chi connectivity index (χ2v) is 6.51. The van der Waals surface area contributed by atoms with Crippen molar-refractivity contribution in [1.29, 1.82) is 0 Å². The van der Waals surface area contributed by atoms with Crippen LogP contribution in [0.1, 0.15) is 17.9 Å². The highest BCUT2D eigenvalue weighted by molar-refractivity contribution is 7.14. The van der Waals surface area contributed by atoms with Gasteiger partial charge in [-0.1, -0.05) is 6.07 Å². The van der Waals surface area contributed by atoms with E-state index in [0.717, 1.165) is 11.4 Å². The lowest BCUT2D eigenvalue weighted by Crippen LogP contribution is -2.30. The summed E-state index contributed by atoms with van der Waals surface area (Å²) in [4.78, 5) is 31.9. The lowest BCUT2D eigenvalue weighted by molar-refractivity contribution is -0.123. The monoisotopic (exact) mass is 356 g/mol. The van der Waals surface area contributed by atoms with Crippen molar-refractivity contribution in [3.63, 3.8) is 0 Å². The quantitative estimate of drug-likeness (QED) is 0.673. The minimum atomic E-state index is -0.679. The average Bonchev–Trinajstić information content (AvgIpc) is 3.24. The number of nitrogens with one attached hydrogen (secondary N) is 3. The SMILES string of the molecule is O=C1C[C@H](C(=O)Nc2nc(-c3ccc[nH]3)cs2)c2ccc(F)cc2N1. The zero-order chi connectivity index (χ0) is 17.4. The third-order valence-corrected chi connectivity index (χ3v) is 4.74. The molecule has 0 saturated carbocycles. The summed E-state index contributed by atoms with van der Waals surface area (Å²) >= 11 is 1.30. The number of H-pyrrole nitrogens is 1. The third-order valence-electron chi connectivity index (χ3n) is 3.98. The first-order chi connectivity index (χ1) is 12.1. The second kappa shape index (κ2) is 6.14. The van der Waals surface area contributed by atoms with Gasteiger partial charge < -0.3 is 15.6 Å². The summed E-state index contributed by atoms with van der Waals surface area (Å²) in [6.45, 7) is 0. The number of benzene rings is 1. The van der Waals surface area contributed by atoms with Gasteiger partial charge in [-0.3, -0.25) is 9.59 Å². The van der Waals surface area contributed by atoms with Crippen molar-refractivity contribution < 1.29 is 14.0 Å². The summed E-state index contributed by atoms with van der Waals surface area (Å²) in [6, 6.07) is 7.78. The molecule has 0 spiro atoms. The number of halogens is 1. The molecule has 2 aromatic heterocycles. The molecular weight excluding hydrogens is 343 g/mol. The number of aromatic nitrogens is 2. The highest BCUT2D eigenvalue weighted by atomic mass is 32.1. The van der Waals surface area contributed by atoms with Crippen LogP contribution in [0.4, 0.5) is 15.2 Å². The van der Waals surface area contributed by atoms with Gasteiger partial charge in [0, 0.05) is 23.7 Å². The van der Waals surface area contributed by atoms with E-state index in [1.54, 1.807) is 6.20 Å². The number of hydrogen-bond donors (Lipinski definition) is 3. The molecule has 126 valence electrons. The molecule has 2 amide bonds. The standard InChI is InChI=1S/C17H13FN4O2S/c18-9-3-4-10-11(7-15(23)20-13(10)6-9)16(24)22-17-21-14(8-25-17)12-2-1-5-19-12/h1-6,8,11,19H,7H2,(H,20,23)(H,21,22,24)/t11-/m0/s1. The second-order valence-electron chi connectivity index (χ2n) is 5.65. The Morgan fingerprint density at radius 3 is 3.04 bits per heavy atom. The van der Waals surface area contributed by atoms with Gasteiger partial charge in [0.1, 0.15) is 5.82 Å². The zero-order valence-electron chi connectivity index (χ0n) is 12.9. The van der Waals surface area contributed by atoms with E-state index in [2.05, 4.69) is 20.6 Å². The summed E-state index contributed by atoms with van der Waals surface area (Å²) in [6.07, 6.45) is 1.81. The Hall–Kier alpha value is -3.00. The van der Waals surface area contributed by atoms with E-state index in [4.69, 9.17) is 0 Å². The van der Waals surface area contributed by atoms with Crippen molar-refractivity contribution in [1.82, 2.24) is 9.97 Å². The Balaban J connectivity index is 1.57. The third kappa shape index (κ3) is 3.03. The molecule has 1 aromatic carbocycles. The lowest BCUT2D eigenvalue weighted by atomic mass is 9.90. The maximum absolute atomic E-state index is 13.4. The molecule has 0 radical (unpaired) electrons. The van der Waals surface area contributed by atoms with Gasteiger partial charge in [-0.05, 0) is 29.8 Å². The molecule has 8 heteroatoms. The molecule has 0 fully saturated rings. The van der Waals surface area contributed by atoms with Crippen molar-refractivity contribution in [2.45, 2.75) is 12.3 Å². The first-order valence-electron chi connectivity index (χ1n) is 7.59. The molecule has 6 nitrogen and oxygen atoms in total. The number of aromatic amines is 1. The normalized spacial score (nSPS) is 16.2. The van der Waals surface area contributed by atoms with E-state index < -0.39 is 11.7 Å². The smallest absolute Gasteiger partial charge is 0.234 e. The topological polar surface area (TPSA) is 86.9 Å². The van der Waals surface area contributed by atoms with Crippen LogP contribution in [0.3, 0.4) is 0 Å². The van der Waals surface area contributed by atoms with Crippen LogP contribution in [-0.4, -0.2) is 21.8 Å². The van der Waals surface area contributed by atoms with E-state index in [9.17, 15) is 14.0 Å². The van der Waals surface area contributed by atoms with Crippen molar-refractivity contribution in [2.75, 3.05) is 10.6 Å². The molecule has 0 aliphatic carbocycles. The van der Waals surface area contributed by atoms with E-state index in [0.29, 0.717) is 16.4 Å². The number of carbonyl (C=O) groups is 2. The minimum Gasteiger partial charge on any atom is -0.360 e. The van der Waals surface area contributed by atoms with E-state index in [1.807, 2.05) is 17.5 Å². The van der Waals surface area contributed by atoms with Gasteiger partial charge in [0.25, 0.3) is 0 Å². The van der Waals surface area contributed by atoms with Gasteiger partial charge in [0.15, 0.2) is 5.13 Å². The number of rotatable bonds is 3. The Labute approximate surface area is 146 Å². The van der Waals surface area contributed by atoms with Crippen LogP contribution >= 0.6 is 11.3 Å². The summed E-state index contributed by atoms with van der Waals surface area (Å²) in [5.41, 5.74) is 2.52. The van der Waals surface area contributed by atoms with Gasteiger partial charge in [0.05, 0.1) is 17.3 Å². The zero-order valence-corrected chi connectivity index (χ0v) is 13.7. The lowest BCUT2D eigenvalue weighted by Gasteiger charge is -2.24. The number of anilines is 2. The predicted molar refractivity (Wildman–Crippen MR) is 92.9 cm³/mol. The number of amides is 2. The Kier molecular flexibility index (Phi) is 3.81. The number of thiazole rings is 1. The van der Waals surface area contributed by atoms with Crippen LogP contribution in [0.25, 0.3) is 11.4 Å². The van der Waals surface area contributed by atoms with Crippen LogP contribution in [0.2, 0.25) is 0 Å². The van der Waals surface area contributed by atoms with Gasteiger partial charge in [0.2, 0.25) is 11.8 Å². The molecule has 0 bridgehead atoms. The fourth-order valence-corrected chi connectivity index (χ4v) is 3.52. The van der Waals surface area contributed by atoms with Gasteiger partial charge in [-0.25, -0.2) is 9.37 Å². The van der Waals surface area contributed by atoms with Gasteiger partial charge >= 0.3 is 0 Å². The molecule has 1 atom stereocenters. The summed E-state index contributed by atoms with van der Waals surface area (Å²) in [5, 5.41) is 7.63. The summed E-state index contributed by atoms with van der Waals surface area (Å²) < 4.78 is 13.4. The van der Waals surface area contributed by atoms with Crippen molar-refractivity contribution in [3.05, 3.63) is 53.3 Å². The molecule has 4 rings (SSSR count). The van der Waals surface area contributed by atoms with Gasteiger partial charge in [-0.2, -0.15) is 0 Å².